The average molecular weight is 412 g/mol. The summed E-state index contributed by atoms with van der Waals surface area (Å²) in [4.78, 5) is 26.9. The maximum atomic E-state index is 11.9. The molecule has 0 radical (unpaired) electrons. The van der Waals surface area contributed by atoms with Crippen molar-refractivity contribution in [1.29, 1.82) is 0 Å². The summed E-state index contributed by atoms with van der Waals surface area (Å²) in [6, 6.07) is 5.36. The van der Waals surface area contributed by atoms with Crippen molar-refractivity contribution in [2.45, 2.75) is 12.8 Å². The first-order chi connectivity index (χ1) is 13.0. The maximum absolute atomic E-state index is 11.9. The van der Waals surface area contributed by atoms with Crippen molar-refractivity contribution in [2.75, 3.05) is 46.4 Å². The van der Waals surface area contributed by atoms with E-state index in [1.54, 1.807) is 17.0 Å². The zero-order valence-corrected chi connectivity index (χ0v) is 16.8. The molecule has 2 rings (SSSR count). The molecule has 1 aromatic carbocycles. The van der Waals surface area contributed by atoms with Crippen LogP contribution in [0.4, 0.5) is 4.79 Å². The van der Waals surface area contributed by atoms with Gasteiger partial charge in [0.25, 0.3) is 5.91 Å². The molecule has 0 bridgehead atoms. The smallest absolute Gasteiger partial charge is 0.410 e. The minimum atomic E-state index is -0.439. The number of nitrogens with one attached hydrogen (secondary N) is 1. The van der Waals surface area contributed by atoms with Gasteiger partial charge in [-0.25, -0.2) is 4.79 Å². The van der Waals surface area contributed by atoms with Crippen LogP contribution in [0.5, 0.6) is 0 Å². The van der Waals surface area contributed by atoms with Gasteiger partial charge >= 0.3 is 6.09 Å². The van der Waals surface area contributed by atoms with Crippen molar-refractivity contribution >= 4 is 35.2 Å². The molecule has 1 saturated heterocycles. The lowest BCUT2D eigenvalue weighted by Gasteiger charge is -2.33. The van der Waals surface area contributed by atoms with E-state index < -0.39 is 6.09 Å². The fourth-order valence-electron chi connectivity index (χ4n) is 2.57. The molecule has 0 aromatic heterocycles. The van der Waals surface area contributed by atoms with Gasteiger partial charge < -0.3 is 15.0 Å². The highest BCUT2D eigenvalue weighted by molar-refractivity contribution is 6.42. The number of rotatable bonds is 5. The molecule has 1 N–H and O–H groups in total. The Morgan fingerprint density at radius 2 is 1.93 bits per heavy atom. The van der Waals surface area contributed by atoms with Gasteiger partial charge in [0.2, 0.25) is 0 Å². The van der Waals surface area contributed by atoms with Gasteiger partial charge in [0, 0.05) is 45.2 Å². The van der Waals surface area contributed by atoms with Crippen LogP contribution in [0.15, 0.2) is 18.2 Å². The summed E-state index contributed by atoms with van der Waals surface area (Å²) in [5.41, 5.74) is 0.855. The second-order valence-corrected chi connectivity index (χ2v) is 6.91. The van der Waals surface area contributed by atoms with E-state index in [1.807, 2.05) is 6.07 Å². The lowest BCUT2D eigenvalue weighted by Crippen LogP contribution is -2.49. The molecule has 1 aliphatic heterocycles. The van der Waals surface area contributed by atoms with Crippen LogP contribution >= 0.6 is 23.2 Å². The van der Waals surface area contributed by atoms with Gasteiger partial charge in [-0.05, 0) is 31.2 Å². The van der Waals surface area contributed by atoms with E-state index in [-0.39, 0.29) is 12.5 Å². The summed E-state index contributed by atoms with van der Waals surface area (Å²) in [5, 5.41) is 3.45. The fraction of sp³-hybridized carbons (Fsp3) is 0.474. The second kappa shape index (κ2) is 11.0. The second-order valence-electron chi connectivity index (χ2n) is 6.09. The van der Waals surface area contributed by atoms with E-state index in [4.69, 9.17) is 27.9 Å². The zero-order chi connectivity index (χ0) is 19.6. The molecule has 1 aromatic rings. The van der Waals surface area contributed by atoms with Gasteiger partial charge in [0.15, 0.2) is 6.61 Å². The Morgan fingerprint density at radius 3 is 2.59 bits per heavy atom. The summed E-state index contributed by atoms with van der Waals surface area (Å²) >= 11 is 11.9. The molecular weight excluding hydrogens is 389 g/mol. The number of halogens is 2. The maximum Gasteiger partial charge on any atom is 0.410 e. The van der Waals surface area contributed by atoms with Crippen molar-refractivity contribution in [3.05, 3.63) is 33.8 Å². The number of likely N-dealkylation sites (N-methyl/N-ethyl adjacent to an activating group) is 1. The Bertz CT molecular complexity index is 723. The van der Waals surface area contributed by atoms with Crippen LogP contribution < -0.4 is 5.32 Å². The van der Waals surface area contributed by atoms with E-state index in [9.17, 15) is 9.59 Å². The zero-order valence-electron chi connectivity index (χ0n) is 15.3. The van der Waals surface area contributed by atoms with Crippen LogP contribution in [0, 0.1) is 11.8 Å². The number of carbonyl (C=O) groups excluding carboxylic acids is 2. The van der Waals surface area contributed by atoms with Gasteiger partial charge in [0.05, 0.1) is 10.0 Å². The molecule has 0 atom stereocenters. The first kappa shape index (κ1) is 21.4. The van der Waals surface area contributed by atoms with Crippen molar-refractivity contribution in [2.24, 2.45) is 0 Å². The predicted octanol–water partition coefficient (Wildman–Crippen LogP) is 2.63. The number of unbranched alkanes of at least 4 members (excludes halogenated alkanes) is 1. The van der Waals surface area contributed by atoms with Crippen LogP contribution in [0.25, 0.3) is 0 Å². The number of nitrogens with zero attached hydrogens (tertiary/aromatic N) is 2. The summed E-state index contributed by atoms with van der Waals surface area (Å²) < 4.78 is 4.96. The van der Waals surface area contributed by atoms with Gasteiger partial charge in [0.1, 0.15) is 0 Å². The lowest BCUT2D eigenvalue weighted by molar-refractivity contribution is -0.123. The Hall–Kier alpha value is -1.94. The van der Waals surface area contributed by atoms with Crippen LogP contribution in [0.3, 0.4) is 0 Å². The monoisotopic (exact) mass is 411 g/mol. The minimum Gasteiger partial charge on any atom is -0.439 e. The molecule has 1 fully saturated rings. The van der Waals surface area contributed by atoms with Gasteiger partial charge in [-0.15, -0.1) is 0 Å². The minimum absolute atomic E-state index is 0.243. The van der Waals surface area contributed by atoms with E-state index in [2.05, 4.69) is 22.1 Å². The Balaban J connectivity index is 1.64. The number of amides is 2. The molecule has 27 heavy (non-hydrogen) atoms. The molecule has 0 aliphatic carbocycles. The molecule has 0 spiro atoms. The third-order valence-electron chi connectivity index (χ3n) is 4.16. The van der Waals surface area contributed by atoms with Crippen LogP contribution in [0.1, 0.15) is 18.4 Å². The van der Waals surface area contributed by atoms with Gasteiger partial charge in [-0.2, -0.15) is 0 Å². The number of piperazine rings is 1. The van der Waals surface area contributed by atoms with Crippen molar-refractivity contribution in [3.8, 4) is 11.8 Å². The normalized spacial score (nSPS) is 14.3. The molecule has 0 unspecified atom stereocenters. The third kappa shape index (κ3) is 7.30. The van der Waals surface area contributed by atoms with Gasteiger partial charge in [-0.3, -0.25) is 9.69 Å². The molecule has 6 nitrogen and oxygen atoms in total. The standard InChI is InChI=1S/C19H23Cl2N3O3/c1-22-18(25)14-27-19(26)24-11-9-23(10-12-24)8-4-2-3-5-15-6-7-16(20)17(21)13-15/h6-7,13H,2,4,8-12,14H2,1H3,(H,22,25). The Labute approximate surface area is 169 Å². The summed E-state index contributed by atoms with van der Waals surface area (Å²) in [6.07, 6.45) is 1.30. The highest BCUT2D eigenvalue weighted by atomic mass is 35.5. The predicted molar refractivity (Wildman–Crippen MR) is 106 cm³/mol. The number of benzene rings is 1. The summed E-state index contributed by atoms with van der Waals surface area (Å²) in [5.74, 6) is 5.92. The first-order valence-corrected chi connectivity index (χ1v) is 9.53. The highest BCUT2D eigenvalue weighted by Gasteiger charge is 2.22. The average Bonchev–Trinajstić information content (AvgIpc) is 2.68. The van der Waals surface area contributed by atoms with E-state index in [0.29, 0.717) is 23.1 Å². The number of hydrogen-bond acceptors (Lipinski definition) is 4. The lowest BCUT2D eigenvalue weighted by atomic mass is 10.2. The van der Waals surface area contributed by atoms with Crippen LogP contribution in [-0.4, -0.2) is 68.2 Å². The van der Waals surface area contributed by atoms with Crippen LogP contribution in [-0.2, 0) is 9.53 Å². The van der Waals surface area contributed by atoms with Crippen molar-refractivity contribution < 1.29 is 14.3 Å². The summed E-state index contributed by atoms with van der Waals surface area (Å²) in [6.45, 7) is 3.46. The number of ether oxygens (including phenoxy) is 1. The van der Waals surface area contributed by atoms with Gasteiger partial charge in [-0.1, -0.05) is 35.0 Å². The Morgan fingerprint density at radius 1 is 1.19 bits per heavy atom. The first-order valence-electron chi connectivity index (χ1n) is 8.78. The topological polar surface area (TPSA) is 61.9 Å². The number of carbonyl (C=O) groups is 2. The van der Waals surface area contributed by atoms with E-state index in [1.165, 1.54) is 7.05 Å². The number of hydrogen-bond donors (Lipinski definition) is 1. The van der Waals surface area contributed by atoms with Crippen molar-refractivity contribution in [1.82, 2.24) is 15.1 Å². The molecule has 2 amide bonds. The SMILES string of the molecule is CNC(=O)COC(=O)N1CCN(CCCC#Cc2ccc(Cl)c(Cl)c2)CC1. The molecule has 0 saturated carbocycles. The molecule has 146 valence electrons. The third-order valence-corrected chi connectivity index (χ3v) is 4.90. The fourth-order valence-corrected chi connectivity index (χ4v) is 2.87. The quantitative estimate of drug-likeness (QED) is 0.597. The summed E-state index contributed by atoms with van der Waals surface area (Å²) in [7, 11) is 1.50. The largest absolute Gasteiger partial charge is 0.439 e. The van der Waals surface area contributed by atoms with E-state index >= 15 is 0 Å². The highest BCUT2D eigenvalue weighted by Crippen LogP contribution is 2.22. The van der Waals surface area contributed by atoms with Crippen molar-refractivity contribution in [3.63, 3.8) is 0 Å². The molecule has 8 heteroatoms. The molecular formula is C19H23Cl2N3O3. The molecule has 1 aliphatic rings. The van der Waals surface area contributed by atoms with Crippen LogP contribution in [0.2, 0.25) is 10.0 Å². The molecule has 1 heterocycles. The Kier molecular flexibility index (Phi) is 8.73. The van der Waals surface area contributed by atoms with E-state index in [0.717, 1.165) is 38.0 Å².